The van der Waals surface area contributed by atoms with Gasteiger partial charge in [0, 0.05) is 34.4 Å². The van der Waals surface area contributed by atoms with E-state index in [1.807, 2.05) is 48.5 Å². The maximum absolute atomic E-state index is 11.8. The van der Waals surface area contributed by atoms with E-state index in [9.17, 15) is 9.59 Å². The van der Waals surface area contributed by atoms with Gasteiger partial charge in [-0.25, -0.2) is 0 Å². The van der Waals surface area contributed by atoms with E-state index in [1.54, 1.807) is 23.5 Å². The summed E-state index contributed by atoms with van der Waals surface area (Å²) < 4.78 is 0. The zero-order chi connectivity index (χ0) is 21.6. The summed E-state index contributed by atoms with van der Waals surface area (Å²) in [6.07, 6.45) is 2.74. The minimum Gasteiger partial charge on any atom is -0.325 e. The number of unbranched alkanes of at least 4 members (excludes halogenated alkanes) is 1. The van der Waals surface area contributed by atoms with Gasteiger partial charge in [0.2, 0.25) is 11.8 Å². The predicted octanol–water partition coefficient (Wildman–Crippen LogP) is 6.49. The van der Waals surface area contributed by atoms with Crippen molar-refractivity contribution in [2.24, 2.45) is 0 Å². The van der Waals surface area contributed by atoms with Gasteiger partial charge in [0.15, 0.2) is 0 Å². The molecule has 2 N–H and O–H groups in total. The largest absolute Gasteiger partial charge is 0.325 e. The Morgan fingerprint density at radius 1 is 0.700 bits per heavy atom. The molecule has 0 spiro atoms. The molecule has 0 aromatic heterocycles. The Kier molecular flexibility index (Phi) is 12.2. The Morgan fingerprint density at radius 3 is 1.50 bits per heavy atom. The van der Waals surface area contributed by atoms with Crippen LogP contribution in [-0.4, -0.2) is 35.1 Å². The van der Waals surface area contributed by atoms with E-state index in [-0.39, 0.29) is 11.8 Å². The molecule has 30 heavy (non-hydrogen) atoms. The molecule has 8 heteroatoms. The van der Waals surface area contributed by atoms with Crippen molar-refractivity contribution in [3.8, 4) is 0 Å². The highest BCUT2D eigenvalue weighted by molar-refractivity contribution is 7.99. The lowest BCUT2D eigenvalue weighted by Gasteiger charge is -2.11. The van der Waals surface area contributed by atoms with Crippen LogP contribution in [0, 0.1) is 0 Å². The highest BCUT2D eigenvalue weighted by Crippen LogP contribution is 2.30. The Balaban J connectivity index is 1.74. The molecule has 0 atom stereocenters. The molecule has 0 saturated heterocycles. The van der Waals surface area contributed by atoms with Crippen LogP contribution < -0.4 is 10.6 Å². The maximum atomic E-state index is 11.8. The molecule has 162 valence electrons. The summed E-state index contributed by atoms with van der Waals surface area (Å²) >= 11 is 14.8. The van der Waals surface area contributed by atoms with E-state index >= 15 is 0 Å². The van der Waals surface area contributed by atoms with Gasteiger partial charge in [-0.2, -0.15) is 0 Å². The van der Waals surface area contributed by atoms with Crippen molar-refractivity contribution in [1.82, 2.24) is 0 Å². The van der Waals surface area contributed by atoms with Crippen molar-refractivity contribution >= 4 is 69.9 Å². The van der Waals surface area contributed by atoms with Crippen LogP contribution in [0.3, 0.4) is 0 Å². The second kappa shape index (κ2) is 14.6. The van der Waals surface area contributed by atoms with Gasteiger partial charge in [-0.05, 0) is 48.6 Å². The minimum absolute atomic E-state index is 0.0637. The predicted molar refractivity (Wildman–Crippen MR) is 131 cm³/mol. The zero-order valence-electron chi connectivity index (χ0n) is 16.7. The minimum atomic E-state index is -0.0637. The molecule has 2 aromatic carbocycles. The van der Waals surface area contributed by atoms with Crippen LogP contribution in [0.2, 0.25) is 0 Å². The molecule has 0 bridgehead atoms. The molecule has 0 saturated carbocycles. The molecule has 0 aliphatic carbocycles. The average molecular weight is 486 g/mol. The molecule has 0 unspecified atom stereocenters. The van der Waals surface area contributed by atoms with E-state index in [1.165, 1.54) is 0 Å². The molecule has 4 nitrogen and oxygen atoms in total. The Bertz CT molecular complexity index is 754. The molecule has 2 aromatic rings. The first-order chi connectivity index (χ1) is 14.6. The number of nitrogens with one attached hydrogen (secondary N) is 2. The topological polar surface area (TPSA) is 58.2 Å². The first kappa shape index (κ1) is 24.9. The maximum Gasteiger partial charge on any atom is 0.225 e. The Labute approximate surface area is 196 Å². The van der Waals surface area contributed by atoms with Crippen LogP contribution in [-0.2, 0) is 9.59 Å². The lowest BCUT2D eigenvalue weighted by atomic mass is 10.3. The van der Waals surface area contributed by atoms with Gasteiger partial charge in [-0.3, -0.25) is 9.59 Å². The van der Waals surface area contributed by atoms with E-state index in [0.717, 1.165) is 45.5 Å². The average Bonchev–Trinajstić information content (AvgIpc) is 2.73. The van der Waals surface area contributed by atoms with Gasteiger partial charge in [0.25, 0.3) is 0 Å². The smallest absolute Gasteiger partial charge is 0.225 e. The number of alkyl halides is 2. The third-order valence-corrected chi connectivity index (χ3v) is 6.72. The summed E-state index contributed by atoms with van der Waals surface area (Å²) in [6.45, 7) is 0. The van der Waals surface area contributed by atoms with E-state index in [4.69, 9.17) is 23.2 Å². The standard InChI is InChI=1S/C22H26Cl2N2O2S2/c23-13-11-21(27)25-17-7-1-3-9-19(17)29-15-5-6-16-30-20-10-4-2-8-18(20)26-22(28)12-14-24/h1-4,7-10H,5-6,11-16H2,(H,25,27)(H,26,28). The van der Waals surface area contributed by atoms with Gasteiger partial charge >= 0.3 is 0 Å². The van der Waals surface area contributed by atoms with E-state index < -0.39 is 0 Å². The summed E-state index contributed by atoms with van der Waals surface area (Å²) in [5.74, 6) is 2.45. The van der Waals surface area contributed by atoms with Crippen LogP contribution in [0.25, 0.3) is 0 Å². The number of amides is 2. The summed E-state index contributed by atoms with van der Waals surface area (Å²) in [4.78, 5) is 25.7. The summed E-state index contributed by atoms with van der Waals surface area (Å²) in [5, 5.41) is 5.85. The van der Waals surface area contributed by atoms with Gasteiger partial charge in [0.1, 0.15) is 0 Å². The summed E-state index contributed by atoms with van der Waals surface area (Å²) in [6, 6.07) is 15.7. The summed E-state index contributed by atoms with van der Waals surface area (Å²) in [7, 11) is 0. The van der Waals surface area contributed by atoms with Crippen LogP contribution in [0.5, 0.6) is 0 Å². The normalized spacial score (nSPS) is 10.6. The van der Waals surface area contributed by atoms with Crippen molar-refractivity contribution in [3.63, 3.8) is 0 Å². The highest BCUT2D eigenvalue weighted by Gasteiger charge is 2.08. The molecule has 0 aliphatic rings. The first-order valence-corrected chi connectivity index (χ1v) is 12.8. The summed E-state index contributed by atoms with van der Waals surface area (Å²) in [5.41, 5.74) is 1.68. The number of benzene rings is 2. The van der Waals surface area contributed by atoms with Gasteiger partial charge in [-0.15, -0.1) is 46.7 Å². The third kappa shape index (κ3) is 9.21. The van der Waals surface area contributed by atoms with Crippen molar-refractivity contribution in [3.05, 3.63) is 48.5 Å². The molecule has 0 fully saturated rings. The third-order valence-electron chi connectivity index (χ3n) is 4.02. The molecule has 0 radical (unpaired) electrons. The molecular weight excluding hydrogens is 459 g/mol. The lowest BCUT2D eigenvalue weighted by molar-refractivity contribution is -0.116. The SMILES string of the molecule is O=C(CCCl)Nc1ccccc1SCCCCSc1ccccc1NC(=O)CCCl. The monoisotopic (exact) mass is 484 g/mol. The Morgan fingerprint density at radius 2 is 1.10 bits per heavy atom. The second-order valence-electron chi connectivity index (χ2n) is 6.37. The quantitative estimate of drug-likeness (QED) is 0.194. The van der Waals surface area contributed by atoms with Gasteiger partial charge < -0.3 is 10.6 Å². The zero-order valence-corrected chi connectivity index (χ0v) is 19.8. The molecule has 2 amide bonds. The van der Waals surface area contributed by atoms with Crippen molar-refractivity contribution in [2.45, 2.75) is 35.5 Å². The van der Waals surface area contributed by atoms with Crippen LogP contribution in [0.1, 0.15) is 25.7 Å². The van der Waals surface area contributed by atoms with E-state index in [0.29, 0.717) is 24.6 Å². The number of carbonyl (C=O) groups excluding carboxylic acids is 2. The second-order valence-corrected chi connectivity index (χ2v) is 9.40. The van der Waals surface area contributed by atoms with Crippen LogP contribution in [0.15, 0.2) is 58.3 Å². The molecular formula is C22H26Cl2N2O2S2. The fourth-order valence-corrected chi connectivity index (χ4v) is 4.94. The van der Waals surface area contributed by atoms with E-state index in [2.05, 4.69) is 10.6 Å². The first-order valence-electron chi connectivity index (χ1n) is 9.79. The molecule has 0 heterocycles. The number of rotatable bonds is 13. The van der Waals surface area contributed by atoms with Crippen molar-refractivity contribution in [1.29, 1.82) is 0 Å². The van der Waals surface area contributed by atoms with Crippen LogP contribution >= 0.6 is 46.7 Å². The number of halogens is 2. The van der Waals surface area contributed by atoms with Crippen molar-refractivity contribution < 1.29 is 9.59 Å². The van der Waals surface area contributed by atoms with Crippen LogP contribution in [0.4, 0.5) is 11.4 Å². The number of para-hydroxylation sites is 2. The fourth-order valence-electron chi connectivity index (χ4n) is 2.56. The number of thioether (sulfide) groups is 2. The number of hydrogen-bond donors (Lipinski definition) is 2. The fraction of sp³-hybridized carbons (Fsp3) is 0.364. The molecule has 2 rings (SSSR count). The van der Waals surface area contributed by atoms with Gasteiger partial charge in [-0.1, -0.05) is 24.3 Å². The lowest BCUT2D eigenvalue weighted by Crippen LogP contribution is -2.12. The number of carbonyl (C=O) groups is 2. The Hall–Kier alpha value is -1.34. The number of anilines is 2. The highest BCUT2D eigenvalue weighted by atomic mass is 35.5. The number of hydrogen-bond acceptors (Lipinski definition) is 4. The van der Waals surface area contributed by atoms with Crippen molar-refractivity contribution in [2.75, 3.05) is 33.9 Å². The van der Waals surface area contributed by atoms with Gasteiger partial charge in [0.05, 0.1) is 11.4 Å². The molecule has 0 aliphatic heterocycles.